The number of nitrogen functional groups attached to an aromatic ring is 1. The second-order valence-corrected chi connectivity index (χ2v) is 12.3. The van der Waals surface area contributed by atoms with Crippen LogP contribution < -0.4 is 11.1 Å². The average Bonchev–Trinajstić information content (AvgIpc) is 3.64. The van der Waals surface area contributed by atoms with Crippen molar-refractivity contribution in [3.63, 3.8) is 0 Å². The van der Waals surface area contributed by atoms with E-state index in [0.717, 1.165) is 17.5 Å². The van der Waals surface area contributed by atoms with Crippen LogP contribution >= 0.6 is 0 Å². The van der Waals surface area contributed by atoms with Gasteiger partial charge < -0.3 is 25.6 Å². The number of aliphatic hydroxyl groups is 1. The molecule has 0 unspecified atom stereocenters. The Kier molecular flexibility index (Phi) is 8.59. The van der Waals surface area contributed by atoms with Gasteiger partial charge in [0.1, 0.15) is 16.3 Å². The third-order valence-electron chi connectivity index (χ3n) is 7.61. The molecule has 1 amide bonds. The predicted molar refractivity (Wildman–Crippen MR) is 155 cm³/mol. The van der Waals surface area contributed by atoms with Crippen molar-refractivity contribution in [2.45, 2.75) is 42.1 Å². The first-order valence-corrected chi connectivity index (χ1v) is 15.6. The molecule has 1 aliphatic carbocycles. The number of ether oxygens (including phenoxy) is 2. The molecule has 4 aromatic rings. The maximum atomic E-state index is 13.1. The fourth-order valence-electron chi connectivity index (χ4n) is 5.51. The highest BCUT2D eigenvalue weighted by Gasteiger charge is 2.44. The Bertz CT molecular complexity index is 1660. The van der Waals surface area contributed by atoms with E-state index in [2.05, 4.69) is 15.5 Å². The Morgan fingerprint density at radius 2 is 1.90 bits per heavy atom. The molecule has 0 spiro atoms. The van der Waals surface area contributed by atoms with Crippen LogP contribution in [0.3, 0.4) is 0 Å². The number of nitrogens with one attached hydrogen (secondary N) is 1. The van der Waals surface area contributed by atoms with E-state index in [1.54, 1.807) is 24.2 Å². The summed E-state index contributed by atoms with van der Waals surface area (Å²) in [5, 5.41) is 20.8. The fraction of sp³-hybridized carbons (Fsp3) is 0.429. The summed E-state index contributed by atoms with van der Waals surface area (Å²) < 4.78 is 40.3. The minimum Gasteiger partial charge on any atom is -0.395 e. The molecule has 0 radical (unpaired) electrons. The molecule has 14 heteroatoms. The first kappa shape index (κ1) is 29.6. The van der Waals surface area contributed by atoms with Crippen LogP contribution in [0.15, 0.2) is 53.8 Å². The number of amides is 1. The van der Waals surface area contributed by atoms with E-state index in [1.165, 1.54) is 4.52 Å². The van der Waals surface area contributed by atoms with E-state index < -0.39 is 15.4 Å². The third kappa shape index (κ3) is 5.75. The molecule has 0 saturated heterocycles. The van der Waals surface area contributed by atoms with Crippen molar-refractivity contribution >= 4 is 27.2 Å². The van der Waals surface area contributed by atoms with Crippen molar-refractivity contribution < 1.29 is 27.8 Å². The Hall–Kier alpha value is -3.85. The van der Waals surface area contributed by atoms with Gasteiger partial charge in [0.15, 0.2) is 15.5 Å². The molecular weight excluding hydrogens is 562 g/mol. The number of nitrogens with two attached hydrogens (primary N) is 1. The van der Waals surface area contributed by atoms with Crippen LogP contribution in [0.5, 0.6) is 0 Å². The first-order valence-electron chi connectivity index (χ1n) is 13.7. The number of carbonyl (C=O) groups is 1. The number of rotatable bonds is 11. The summed E-state index contributed by atoms with van der Waals surface area (Å²) in [6, 6.07) is 9.64. The fourth-order valence-corrected chi connectivity index (χ4v) is 6.57. The maximum absolute atomic E-state index is 13.1. The second kappa shape index (κ2) is 12.2. The molecule has 42 heavy (non-hydrogen) atoms. The molecular formula is C28H35N7O6S. The zero-order chi connectivity index (χ0) is 29.9. The lowest BCUT2D eigenvalue weighted by atomic mass is 9.76. The third-order valence-corrected chi connectivity index (χ3v) is 8.77. The molecule has 5 rings (SSSR count). The number of para-hydroxylation sites is 1. The van der Waals surface area contributed by atoms with Gasteiger partial charge >= 0.3 is 0 Å². The predicted octanol–water partition coefficient (Wildman–Crippen LogP) is 1.74. The Morgan fingerprint density at radius 1 is 1.17 bits per heavy atom. The van der Waals surface area contributed by atoms with E-state index in [9.17, 15) is 18.3 Å². The van der Waals surface area contributed by atoms with Crippen LogP contribution in [0.25, 0.3) is 22.5 Å². The molecule has 3 aromatic heterocycles. The molecule has 0 aliphatic heterocycles. The van der Waals surface area contributed by atoms with E-state index >= 15 is 0 Å². The first-order chi connectivity index (χ1) is 20.2. The average molecular weight is 598 g/mol. The summed E-state index contributed by atoms with van der Waals surface area (Å²) in [6.45, 7) is 0.447. The van der Waals surface area contributed by atoms with Crippen LogP contribution in [0.1, 0.15) is 37.3 Å². The standard InChI is InChI=1S/C28H35N7O6S/c1-40-14-15-41-28(27(37)30-12-13-36)10-8-19(9-11-28)23-24(42(2,38)39)25(29)35-26(33-23)22(17-32-35)20-16-31-34(18-20)21-6-4-3-5-7-21/h3-7,16-19,36H,8-15,29H2,1-2H3,(H,30,37). The van der Waals surface area contributed by atoms with E-state index in [-0.39, 0.29) is 42.3 Å². The van der Waals surface area contributed by atoms with Crippen molar-refractivity contribution in [2.75, 3.05) is 45.5 Å². The zero-order valence-corrected chi connectivity index (χ0v) is 24.4. The van der Waals surface area contributed by atoms with Gasteiger partial charge in [0.25, 0.3) is 5.91 Å². The van der Waals surface area contributed by atoms with Crippen molar-refractivity contribution in [1.82, 2.24) is 29.7 Å². The minimum absolute atomic E-state index is 0.0203. The van der Waals surface area contributed by atoms with Gasteiger partial charge in [-0.3, -0.25) is 4.79 Å². The van der Waals surface area contributed by atoms with Gasteiger partial charge in [-0.1, -0.05) is 18.2 Å². The zero-order valence-electron chi connectivity index (χ0n) is 23.6. The Balaban J connectivity index is 1.52. The molecule has 1 aromatic carbocycles. The molecule has 1 fully saturated rings. The molecule has 0 atom stereocenters. The summed E-state index contributed by atoms with van der Waals surface area (Å²) >= 11 is 0. The van der Waals surface area contributed by atoms with Crippen molar-refractivity contribution in [1.29, 1.82) is 0 Å². The number of carbonyl (C=O) groups excluding carboxylic acids is 1. The molecule has 0 bridgehead atoms. The van der Waals surface area contributed by atoms with Gasteiger partial charge in [-0.2, -0.15) is 14.7 Å². The second-order valence-electron chi connectivity index (χ2n) is 10.4. The number of aromatic nitrogens is 5. The summed E-state index contributed by atoms with van der Waals surface area (Å²) in [6.07, 6.45) is 7.76. The number of hydrogen-bond donors (Lipinski definition) is 3. The minimum atomic E-state index is -3.79. The number of anilines is 1. The molecule has 13 nitrogen and oxygen atoms in total. The summed E-state index contributed by atoms with van der Waals surface area (Å²) in [5.41, 5.74) is 8.39. The number of aliphatic hydroxyl groups excluding tert-OH is 1. The number of fused-ring (bicyclic) bond motifs is 1. The number of sulfone groups is 1. The topological polar surface area (TPSA) is 176 Å². The normalized spacial score (nSPS) is 19.3. The van der Waals surface area contributed by atoms with Crippen LogP contribution in [0.4, 0.5) is 5.82 Å². The summed E-state index contributed by atoms with van der Waals surface area (Å²) in [4.78, 5) is 17.9. The van der Waals surface area contributed by atoms with Gasteiger partial charge in [-0.05, 0) is 37.8 Å². The largest absolute Gasteiger partial charge is 0.395 e. The van der Waals surface area contributed by atoms with Crippen molar-refractivity contribution in [3.8, 4) is 16.8 Å². The van der Waals surface area contributed by atoms with Crippen molar-refractivity contribution in [2.24, 2.45) is 0 Å². The smallest absolute Gasteiger partial charge is 0.252 e. The van der Waals surface area contributed by atoms with Gasteiger partial charge in [0.05, 0.1) is 43.6 Å². The van der Waals surface area contributed by atoms with E-state index in [1.807, 2.05) is 36.5 Å². The quantitative estimate of drug-likeness (QED) is 0.216. The lowest BCUT2D eigenvalue weighted by Crippen LogP contribution is -2.52. The molecule has 1 saturated carbocycles. The number of hydrogen-bond acceptors (Lipinski definition) is 10. The van der Waals surface area contributed by atoms with Crippen LogP contribution in [-0.4, -0.2) is 89.1 Å². The highest BCUT2D eigenvalue weighted by Crippen LogP contribution is 2.43. The summed E-state index contributed by atoms with van der Waals surface area (Å²) in [7, 11) is -2.24. The van der Waals surface area contributed by atoms with E-state index in [4.69, 9.17) is 20.2 Å². The highest BCUT2D eigenvalue weighted by atomic mass is 32.2. The van der Waals surface area contributed by atoms with Gasteiger partial charge in [0.2, 0.25) is 0 Å². The lowest BCUT2D eigenvalue weighted by molar-refractivity contribution is -0.155. The van der Waals surface area contributed by atoms with Crippen LogP contribution in [0, 0.1) is 0 Å². The lowest BCUT2D eigenvalue weighted by Gasteiger charge is -2.39. The van der Waals surface area contributed by atoms with Crippen LogP contribution in [-0.2, 0) is 24.1 Å². The number of benzene rings is 1. The molecule has 224 valence electrons. The van der Waals surface area contributed by atoms with Crippen LogP contribution in [0.2, 0.25) is 0 Å². The Labute approximate surface area is 243 Å². The monoisotopic (exact) mass is 597 g/mol. The maximum Gasteiger partial charge on any atom is 0.252 e. The number of methoxy groups -OCH3 is 1. The van der Waals surface area contributed by atoms with Gasteiger partial charge in [0, 0.05) is 43.2 Å². The molecule has 3 heterocycles. The summed E-state index contributed by atoms with van der Waals surface area (Å²) in [5.74, 6) is -0.638. The SMILES string of the molecule is COCCOC1(C(=O)NCCO)CCC(c2nc3c(-c4cnn(-c5ccccc5)c4)cnn3c(N)c2S(C)(=O)=O)CC1. The van der Waals surface area contributed by atoms with Gasteiger partial charge in [-0.15, -0.1) is 0 Å². The van der Waals surface area contributed by atoms with E-state index in [0.29, 0.717) is 49.2 Å². The Morgan fingerprint density at radius 3 is 2.57 bits per heavy atom. The molecule has 1 aliphatic rings. The number of nitrogens with zero attached hydrogens (tertiary/aromatic N) is 5. The molecule has 4 N–H and O–H groups in total. The highest BCUT2D eigenvalue weighted by molar-refractivity contribution is 7.91. The van der Waals surface area contributed by atoms with Gasteiger partial charge in [-0.25, -0.2) is 18.1 Å². The van der Waals surface area contributed by atoms with Crippen molar-refractivity contribution in [3.05, 3.63) is 54.6 Å².